The third-order valence-corrected chi connectivity index (χ3v) is 6.34. The van der Waals surface area contributed by atoms with Crippen molar-refractivity contribution in [2.75, 3.05) is 31.4 Å². The van der Waals surface area contributed by atoms with E-state index in [1.807, 2.05) is 43.3 Å². The average molecular weight is 442 g/mol. The molecule has 9 heteroatoms. The summed E-state index contributed by atoms with van der Waals surface area (Å²) in [5.74, 6) is 0.508. The zero-order valence-corrected chi connectivity index (χ0v) is 18.7. The van der Waals surface area contributed by atoms with Gasteiger partial charge in [-0.25, -0.2) is 17.8 Å². The number of amides is 1. The third kappa shape index (κ3) is 5.93. The topological polar surface area (TPSA) is 96.3 Å². The second-order valence-corrected chi connectivity index (χ2v) is 9.22. The van der Waals surface area contributed by atoms with Crippen molar-refractivity contribution in [2.24, 2.45) is 0 Å². The normalized spacial score (nSPS) is 11.3. The maximum atomic E-state index is 12.4. The van der Waals surface area contributed by atoms with Crippen LogP contribution in [-0.2, 0) is 27.8 Å². The highest BCUT2D eigenvalue weighted by Gasteiger charge is 2.12. The highest BCUT2D eigenvalue weighted by atomic mass is 32.2. The summed E-state index contributed by atoms with van der Waals surface area (Å²) in [6.07, 6.45) is 2.44. The van der Waals surface area contributed by atoms with Crippen molar-refractivity contribution in [1.82, 2.24) is 14.5 Å². The lowest BCUT2D eigenvalue weighted by Crippen LogP contribution is -2.18. The van der Waals surface area contributed by atoms with Crippen LogP contribution in [0.1, 0.15) is 17.5 Å². The number of nitrogens with zero attached hydrogens (tertiary/aromatic N) is 3. The zero-order valence-electron chi connectivity index (χ0n) is 17.9. The van der Waals surface area contributed by atoms with Crippen molar-refractivity contribution in [3.63, 3.8) is 0 Å². The highest BCUT2D eigenvalue weighted by molar-refractivity contribution is 7.89. The molecule has 0 saturated carbocycles. The van der Waals surface area contributed by atoms with Crippen LogP contribution in [0.3, 0.4) is 0 Å². The number of nitrogens with one attached hydrogen (secondary N) is 2. The van der Waals surface area contributed by atoms with Gasteiger partial charge >= 0.3 is 0 Å². The van der Waals surface area contributed by atoms with E-state index in [-0.39, 0.29) is 17.2 Å². The van der Waals surface area contributed by atoms with Crippen molar-refractivity contribution in [3.05, 3.63) is 71.9 Å². The van der Waals surface area contributed by atoms with Gasteiger partial charge in [0.15, 0.2) is 0 Å². The predicted octanol–water partition coefficient (Wildman–Crippen LogP) is 2.48. The molecular formula is C22H27N5O3S. The molecule has 0 saturated heterocycles. The van der Waals surface area contributed by atoms with Crippen LogP contribution in [-0.4, -0.2) is 45.2 Å². The summed E-state index contributed by atoms with van der Waals surface area (Å²) in [5.41, 5.74) is 3.09. The van der Waals surface area contributed by atoms with Gasteiger partial charge in [0, 0.05) is 32.3 Å². The molecule has 1 heterocycles. The molecule has 0 unspecified atom stereocenters. The first-order valence-electron chi connectivity index (χ1n) is 9.89. The van der Waals surface area contributed by atoms with E-state index in [0.29, 0.717) is 18.8 Å². The fraction of sp³-hybridized carbons (Fsp3) is 0.273. The van der Waals surface area contributed by atoms with E-state index in [1.165, 1.54) is 19.2 Å². The molecule has 1 amide bonds. The van der Waals surface area contributed by atoms with Crippen LogP contribution in [0.25, 0.3) is 0 Å². The summed E-state index contributed by atoms with van der Waals surface area (Å²) < 4.78 is 27.6. The monoisotopic (exact) mass is 441 g/mol. The second-order valence-electron chi connectivity index (χ2n) is 7.33. The Bertz CT molecular complexity index is 1120. The lowest BCUT2D eigenvalue weighted by Gasteiger charge is -2.13. The fourth-order valence-corrected chi connectivity index (χ4v) is 3.78. The summed E-state index contributed by atoms with van der Waals surface area (Å²) in [7, 11) is 1.90. The maximum Gasteiger partial charge on any atom is 0.240 e. The molecule has 3 aromatic rings. The van der Waals surface area contributed by atoms with E-state index in [0.717, 1.165) is 16.8 Å². The van der Waals surface area contributed by atoms with Gasteiger partial charge in [0.25, 0.3) is 0 Å². The van der Waals surface area contributed by atoms with E-state index in [4.69, 9.17) is 0 Å². The van der Waals surface area contributed by atoms with Gasteiger partial charge in [0.2, 0.25) is 15.9 Å². The quantitative estimate of drug-likeness (QED) is 0.532. The van der Waals surface area contributed by atoms with Gasteiger partial charge in [-0.1, -0.05) is 24.3 Å². The molecule has 0 radical (unpaired) electrons. The molecule has 2 N–H and O–H groups in total. The van der Waals surface area contributed by atoms with Crippen molar-refractivity contribution in [2.45, 2.75) is 24.3 Å². The number of anilines is 2. The third-order valence-electron chi connectivity index (χ3n) is 4.91. The molecule has 0 spiro atoms. The maximum absolute atomic E-state index is 12.4. The molecule has 0 aliphatic carbocycles. The number of sulfonamides is 1. The van der Waals surface area contributed by atoms with E-state index >= 15 is 0 Å². The van der Waals surface area contributed by atoms with Crippen LogP contribution in [0.15, 0.2) is 65.7 Å². The van der Waals surface area contributed by atoms with E-state index in [2.05, 4.69) is 15.1 Å². The first-order chi connectivity index (χ1) is 14.8. The minimum atomic E-state index is -3.46. The Morgan fingerprint density at radius 2 is 1.65 bits per heavy atom. The van der Waals surface area contributed by atoms with Gasteiger partial charge in [-0.3, -0.25) is 4.79 Å². The van der Waals surface area contributed by atoms with E-state index < -0.39 is 10.0 Å². The summed E-state index contributed by atoms with van der Waals surface area (Å²) >= 11 is 0. The molecule has 0 aliphatic heterocycles. The Kier molecular flexibility index (Phi) is 7.09. The Morgan fingerprint density at radius 3 is 2.26 bits per heavy atom. The first kappa shape index (κ1) is 22.5. The summed E-state index contributed by atoms with van der Waals surface area (Å²) in [5, 5.41) is 7.21. The van der Waals surface area contributed by atoms with Crippen LogP contribution in [0.5, 0.6) is 0 Å². The molecule has 0 atom stereocenters. The van der Waals surface area contributed by atoms with Gasteiger partial charge in [-0.15, -0.1) is 0 Å². The molecule has 8 nitrogen and oxygen atoms in total. The Morgan fingerprint density at radius 1 is 1.00 bits per heavy atom. The first-order valence-corrected chi connectivity index (χ1v) is 11.4. The standard InChI is InChI=1S/C22H27N5O3S/c1-23-31(29,30)20-11-6-17(7-12-20)8-13-22(28)25-21-14-15-24-27(21)16-18-4-9-19(10-5-18)26(2)3/h4-7,9-12,14-15,23H,8,13,16H2,1-3H3,(H,25,28). The Labute approximate surface area is 182 Å². The molecule has 0 aliphatic rings. The molecule has 2 aromatic carbocycles. The fourth-order valence-electron chi connectivity index (χ4n) is 3.05. The molecular weight excluding hydrogens is 414 g/mol. The SMILES string of the molecule is CNS(=O)(=O)c1ccc(CCC(=O)Nc2ccnn2Cc2ccc(N(C)C)cc2)cc1. The van der Waals surface area contributed by atoms with Gasteiger partial charge in [0.05, 0.1) is 17.6 Å². The van der Waals surface area contributed by atoms with Crippen molar-refractivity contribution < 1.29 is 13.2 Å². The van der Waals surface area contributed by atoms with Crippen LogP contribution in [0, 0.1) is 0 Å². The smallest absolute Gasteiger partial charge is 0.240 e. The van der Waals surface area contributed by atoms with Crippen molar-refractivity contribution in [3.8, 4) is 0 Å². The van der Waals surface area contributed by atoms with Gasteiger partial charge in [-0.2, -0.15) is 5.10 Å². The Balaban J connectivity index is 1.56. The zero-order chi connectivity index (χ0) is 22.4. The minimum Gasteiger partial charge on any atom is -0.378 e. The van der Waals surface area contributed by atoms with Gasteiger partial charge < -0.3 is 10.2 Å². The molecule has 3 rings (SSSR count). The van der Waals surface area contributed by atoms with E-state index in [9.17, 15) is 13.2 Å². The van der Waals surface area contributed by atoms with Gasteiger partial charge in [0.1, 0.15) is 5.82 Å². The van der Waals surface area contributed by atoms with Crippen molar-refractivity contribution in [1.29, 1.82) is 0 Å². The number of carbonyl (C=O) groups excluding carboxylic acids is 1. The summed E-state index contributed by atoms with van der Waals surface area (Å²) in [6.45, 7) is 0.553. The largest absolute Gasteiger partial charge is 0.378 e. The van der Waals surface area contributed by atoms with Crippen LogP contribution >= 0.6 is 0 Å². The number of carbonyl (C=O) groups is 1. The number of aryl methyl sites for hydroxylation is 1. The predicted molar refractivity (Wildman–Crippen MR) is 122 cm³/mol. The Hall–Kier alpha value is -3.17. The molecule has 1 aromatic heterocycles. The number of hydrogen-bond donors (Lipinski definition) is 2. The van der Waals surface area contributed by atoms with Crippen LogP contribution in [0.2, 0.25) is 0 Å². The molecule has 0 bridgehead atoms. The average Bonchev–Trinajstić information content (AvgIpc) is 3.19. The number of aromatic nitrogens is 2. The van der Waals surface area contributed by atoms with Crippen LogP contribution in [0.4, 0.5) is 11.5 Å². The highest BCUT2D eigenvalue weighted by Crippen LogP contribution is 2.16. The number of benzene rings is 2. The number of hydrogen-bond acceptors (Lipinski definition) is 5. The summed E-state index contributed by atoms with van der Waals surface area (Å²) in [6, 6.07) is 16.5. The molecule has 0 fully saturated rings. The van der Waals surface area contributed by atoms with E-state index in [1.54, 1.807) is 29.1 Å². The number of rotatable bonds is 9. The van der Waals surface area contributed by atoms with Crippen molar-refractivity contribution >= 4 is 27.4 Å². The molecule has 31 heavy (non-hydrogen) atoms. The second kappa shape index (κ2) is 9.76. The minimum absolute atomic E-state index is 0.128. The lowest BCUT2D eigenvalue weighted by atomic mass is 10.1. The lowest BCUT2D eigenvalue weighted by molar-refractivity contribution is -0.116. The van der Waals surface area contributed by atoms with Crippen LogP contribution < -0.4 is 14.9 Å². The van der Waals surface area contributed by atoms with Gasteiger partial charge in [-0.05, 0) is 48.9 Å². The summed E-state index contributed by atoms with van der Waals surface area (Å²) in [4.78, 5) is 14.7. The molecule has 164 valence electrons.